The van der Waals surface area contributed by atoms with E-state index in [0.717, 1.165) is 0 Å². The fourth-order valence-electron chi connectivity index (χ4n) is 2.99. The lowest BCUT2D eigenvalue weighted by Crippen LogP contribution is -2.65. The smallest absolute Gasteiger partial charge is 0.336 e. The summed E-state index contributed by atoms with van der Waals surface area (Å²) >= 11 is 0. The molecule has 5 N–H and O–H groups in total. The molecule has 0 spiro atoms. The lowest BCUT2D eigenvalue weighted by Gasteiger charge is -2.41. The summed E-state index contributed by atoms with van der Waals surface area (Å²) in [5.74, 6) is 0.0914. The van der Waals surface area contributed by atoms with Crippen molar-refractivity contribution in [3.05, 3.63) is 40.2 Å². The molecule has 28 heavy (non-hydrogen) atoms. The van der Waals surface area contributed by atoms with Crippen molar-refractivity contribution in [2.45, 2.75) is 37.6 Å². The van der Waals surface area contributed by atoms with Gasteiger partial charge < -0.3 is 29.2 Å². The number of ether oxygens (including phenoxy) is 2. The Morgan fingerprint density at radius 1 is 1.21 bits per heavy atom. The zero-order chi connectivity index (χ0) is 20.6. The number of rotatable bonds is 5. The van der Waals surface area contributed by atoms with Crippen molar-refractivity contribution in [1.82, 2.24) is 4.72 Å². The Morgan fingerprint density at radius 3 is 2.57 bits per heavy atom. The van der Waals surface area contributed by atoms with Crippen molar-refractivity contribution < 1.29 is 42.2 Å². The first-order valence-electron chi connectivity index (χ1n) is 8.17. The van der Waals surface area contributed by atoms with Gasteiger partial charge in [-0.2, -0.15) is 13.1 Å². The number of hydrogen-bond acceptors (Lipinski definition) is 9. The fourth-order valence-corrected chi connectivity index (χ4v) is 3.59. The standard InChI is InChI=1S/C16H19NO10S/c1-7-4-12(19)26-10-5-8(2-3-9(7)10)25-16-13(17-28(22,23)24)15(21)14(20)11(6-18)27-16/h2-5,11,13-18,20-21H,6H2,1H3,(H,22,23,24)/t11?,13?,14-,15+,16-/m1/s1. The van der Waals surface area contributed by atoms with E-state index >= 15 is 0 Å². The van der Waals surface area contributed by atoms with Crippen LogP contribution in [0.2, 0.25) is 0 Å². The number of nitrogens with one attached hydrogen (secondary N) is 1. The topological polar surface area (TPSA) is 176 Å². The number of benzene rings is 1. The molecule has 0 amide bonds. The molecular weight excluding hydrogens is 398 g/mol. The molecular formula is C16H19NO10S. The van der Waals surface area contributed by atoms with Crippen molar-refractivity contribution in [2.24, 2.45) is 0 Å². The van der Waals surface area contributed by atoms with Gasteiger partial charge in [0.05, 0.1) is 6.61 Å². The Bertz CT molecular complexity index is 1020. The second-order valence-electron chi connectivity index (χ2n) is 6.35. The molecule has 1 fully saturated rings. The molecule has 2 aromatic rings. The summed E-state index contributed by atoms with van der Waals surface area (Å²) in [7, 11) is -4.78. The average Bonchev–Trinajstić information content (AvgIpc) is 2.59. The van der Waals surface area contributed by atoms with Gasteiger partial charge in [-0.3, -0.25) is 4.55 Å². The van der Waals surface area contributed by atoms with E-state index < -0.39 is 53.2 Å². The predicted octanol–water partition coefficient (Wildman–Crippen LogP) is -1.32. The third-order valence-corrected chi connectivity index (χ3v) is 4.91. The van der Waals surface area contributed by atoms with Crippen LogP contribution < -0.4 is 15.1 Å². The average molecular weight is 417 g/mol. The van der Waals surface area contributed by atoms with Crippen LogP contribution in [-0.4, -0.2) is 65.5 Å². The first kappa shape index (κ1) is 20.7. The van der Waals surface area contributed by atoms with Gasteiger partial charge in [0.15, 0.2) is 0 Å². The fraction of sp³-hybridized carbons (Fsp3) is 0.438. The summed E-state index contributed by atoms with van der Waals surface area (Å²) in [5, 5.41) is 30.1. The molecule has 5 atom stereocenters. The van der Waals surface area contributed by atoms with Gasteiger partial charge in [0.25, 0.3) is 0 Å². The summed E-state index contributed by atoms with van der Waals surface area (Å²) in [6.07, 6.45) is -6.17. The summed E-state index contributed by atoms with van der Waals surface area (Å²) < 4.78 is 49.1. The van der Waals surface area contributed by atoms with Gasteiger partial charge in [-0.05, 0) is 24.6 Å². The van der Waals surface area contributed by atoms with Crippen LogP contribution in [0.4, 0.5) is 0 Å². The lowest BCUT2D eigenvalue weighted by molar-refractivity contribution is -0.242. The van der Waals surface area contributed by atoms with Crippen LogP contribution >= 0.6 is 0 Å². The Balaban J connectivity index is 1.94. The maximum Gasteiger partial charge on any atom is 0.336 e. The molecule has 0 bridgehead atoms. The van der Waals surface area contributed by atoms with E-state index in [4.69, 9.17) is 18.4 Å². The second-order valence-corrected chi connectivity index (χ2v) is 7.54. The minimum absolute atomic E-state index is 0.0914. The van der Waals surface area contributed by atoms with E-state index in [1.807, 2.05) is 0 Å². The molecule has 1 aromatic carbocycles. The summed E-state index contributed by atoms with van der Waals surface area (Å²) in [4.78, 5) is 11.5. The highest BCUT2D eigenvalue weighted by atomic mass is 32.2. The van der Waals surface area contributed by atoms with Crippen LogP contribution in [0.1, 0.15) is 5.56 Å². The second kappa shape index (κ2) is 7.75. The van der Waals surface area contributed by atoms with Gasteiger partial charge in [0, 0.05) is 17.5 Å². The molecule has 154 valence electrons. The van der Waals surface area contributed by atoms with Crippen molar-refractivity contribution >= 4 is 21.3 Å². The van der Waals surface area contributed by atoms with Crippen molar-refractivity contribution in [3.8, 4) is 5.75 Å². The molecule has 0 aliphatic carbocycles. The Labute approximate surface area is 159 Å². The molecule has 2 unspecified atom stereocenters. The lowest BCUT2D eigenvalue weighted by atomic mass is 9.98. The van der Waals surface area contributed by atoms with Crippen LogP contribution in [-0.2, 0) is 15.0 Å². The van der Waals surface area contributed by atoms with Crippen LogP contribution in [0.15, 0.2) is 33.5 Å². The molecule has 3 rings (SSSR count). The molecule has 1 aliphatic rings. The Hall–Kier alpha value is -2.06. The Morgan fingerprint density at radius 2 is 1.93 bits per heavy atom. The normalized spacial score (nSPS) is 28.4. The van der Waals surface area contributed by atoms with E-state index in [2.05, 4.69) is 0 Å². The van der Waals surface area contributed by atoms with Crippen molar-refractivity contribution in [1.29, 1.82) is 0 Å². The predicted molar refractivity (Wildman–Crippen MR) is 94.1 cm³/mol. The summed E-state index contributed by atoms with van der Waals surface area (Å²) in [6.45, 7) is 1.04. The van der Waals surface area contributed by atoms with Crippen LogP contribution in [0.5, 0.6) is 5.75 Å². The molecule has 1 saturated heterocycles. The van der Waals surface area contributed by atoms with Crippen molar-refractivity contribution in [2.75, 3.05) is 6.61 Å². The van der Waals surface area contributed by atoms with Crippen LogP contribution in [0, 0.1) is 6.92 Å². The summed E-state index contributed by atoms with van der Waals surface area (Å²) in [6, 6.07) is 4.19. The highest BCUT2D eigenvalue weighted by Crippen LogP contribution is 2.27. The number of hydrogen-bond donors (Lipinski definition) is 5. The van der Waals surface area contributed by atoms with Gasteiger partial charge in [-0.15, -0.1) is 0 Å². The van der Waals surface area contributed by atoms with Gasteiger partial charge in [0.1, 0.15) is 35.7 Å². The molecule has 0 radical (unpaired) electrons. The van der Waals surface area contributed by atoms with Gasteiger partial charge >= 0.3 is 15.9 Å². The third-order valence-electron chi connectivity index (χ3n) is 4.34. The number of aliphatic hydroxyl groups excluding tert-OH is 3. The monoisotopic (exact) mass is 417 g/mol. The van der Waals surface area contributed by atoms with Crippen molar-refractivity contribution in [3.63, 3.8) is 0 Å². The van der Waals surface area contributed by atoms with E-state index in [-0.39, 0.29) is 11.3 Å². The number of aryl methyl sites for hydroxylation is 1. The van der Waals surface area contributed by atoms with Crippen LogP contribution in [0.25, 0.3) is 11.0 Å². The quantitative estimate of drug-likeness (QED) is 0.290. The van der Waals surface area contributed by atoms with E-state index in [1.165, 1.54) is 18.2 Å². The zero-order valence-corrected chi connectivity index (χ0v) is 15.4. The van der Waals surface area contributed by atoms with E-state index in [0.29, 0.717) is 10.9 Å². The maximum absolute atomic E-state index is 11.5. The van der Waals surface area contributed by atoms with E-state index in [9.17, 15) is 28.5 Å². The number of aliphatic hydroxyl groups is 3. The van der Waals surface area contributed by atoms with E-state index in [1.54, 1.807) is 17.7 Å². The number of fused-ring (bicyclic) bond motifs is 1. The molecule has 0 saturated carbocycles. The highest BCUT2D eigenvalue weighted by molar-refractivity contribution is 7.83. The minimum atomic E-state index is -4.78. The Kier molecular flexibility index (Phi) is 5.72. The molecule has 1 aliphatic heterocycles. The molecule has 11 nitrogen and oxygen atoms in total. The molecule has 1 aromatic heterocycles. The minimum Gasteiger partial charge on any atom is -0.463 e. The first-order valence-corrected chi connectivity index (χ1v) is 9.61. The van der Waals surface area contributed by atoms with Gasteiger partial charge in [-0.25, -0.2) is 4.79 Å². The summed E-state index contributed by atoms with van der Waals surface area (Å²) in [5.41, 5.74) is 0.314. The highest BCUT2D eigenvalue weighted by Gasteiger charge is 2.47. The SMILES string of the molecule is Cc1cc(=O)oc2cc(O[C@@H]3OC(CO)[C@@H](O)[C@@H](O)C3NS(=O)(=O)O)ccc12. The molecule has 12 heteroatoms. The first-order chi connectivity index (χ1) is 13.1. The van der Waals surface area contributed by atoms with Gasteiger partial charge in [0.2, 0.25) is 6.29 Å². The largest absolute Gasteiger partial charge is 0.463 e. The molecule has 2 heterocycles. The van der Waals surface area contributed by atoms with Crippen LogP contribution in [0.3, 0.4) is 0 Å². The van der Waals surface area contributed by atoms with Gasteiger partial charge in [-0.1, -0.05) is 0 Å². The third kappa shape index (κ3) is 4.33. The zero-order valence-electron chi connectivity index (χ0n) is 14.5. The maximum atomic E-state index is 11.5.